The van der Waals surface area contributed by atoms with Gasteiger partial charge in [-0.15, -0.1) is 0 Å². The minimum atomic E-state index is -9.03. The predicted molar refractivity (Wildman–Crippen MR) is 78.0 cm³/mol. The van der Waals surface area contributed by atoms with Crippen molar-refractivity contribution in [2.24, 2.45) is 0 Å². The molecule has 0 aromatic heterocycles. The van der Waals surface area contributed by atoms with E-state index in [9.17, 15) is 88.2 Å². The lowest BCUT2D eigenvalue weighted by atomic mass is 9.85. The molecule has 0 aliphatic heterocycles. The highest BCUT2D eigenvalue weighted by Gasteiger charge is 2.96. The van der Waals surface area contributed by atoms with E-state index in [1.807, 2.05) is 0 Å². The quantitative estimate of drug-likeness (QED) is 0.303. The van der Waals surface area contributed by atoms with Gasteiger partial charge < -0.3 is 5.11 Å². The Hall–Kier alpha value is -2.64. The third kappa shape index (κ3) is 4.02. The Kier molecular flexibility index (Phi) is 7.38. The van der Waals surface area contributed by atoms with Crippen LogP contribution in [0.5, 0.6) is 0 Å². The Morgan fingerprint density at radius 2 is 0.784 bits per heavy atom. The van der Waals surface area contributed by atoms with E-state index in [1.54, 1.807) is 0 Å². The summed E-state index contributed by atoms with van der Waals surface area (Å²) in [5.74, 6) is -70.6. The van der Waals surface area contributed by atoms with Gasteiger partial charge in [0, 0.05) is 5.56 Å². The van der Waals surface area contributed by atoms with Crippen LogP contribution in [0.15, 0.2) is 24.3 Å². The lowest BCUT2D eigenvalue weighted by Gasteiger charge is -2.43. The molecule has 0 heterocycles. The molecule has 0 saturated carbocycles. The topological polar surface area (TPSA) is 37.3 Å². The van der Waals surface area contributed by atoms with Crippen LogP contribution in [-0.4, -0.2) is 58.7 Å². The lowest BCUT2D eigenvalue weighted by molar-refractivity contribution is -0.469. The maximum absolute atomic E-state index is 14.2. The summed E-state index contributed by atoms with van der Waals surface area (Å²) in [5, 5.41) is 8.65. The van der Waals surface area contributed by atoms with Gasteiger partial charge in [-0.05, 0) is 6.07 Å². The molecule has 1 aromatic rings. The van der Waals surface area contributed by atoms with Gasteiger partial charge in [0.25, 0.3) is 0 Å². The van der Waals surface area contributed by atoms with E-state index in [2.05, 4.69) is 0 Å². The van der Waals surface area contributed by atoms with Crippen LogP contribution in [0.4, 0.5) is 83.4 Å². The van der Waals surface area contributed by atoms with Crippen molar-refractivity contribution in [3.05, 3.63) is 35.4 Å². The monoisotopic (exact) mass is 590 g/mol. The van der Waals surface area contributed by atoms with Crippen LogP contribution in [0.25, 0.3) is 0 Å². The summed E-state index contributed by atoms with van der Waals surface area (Å²) in [4.78, 5) is 10.8. The molecule has 1 aromatic carbocycles. The number of benzene rings is 1. The van der Waals surface area contributed by atoms with Crippen molar-refractivity contribution >= 4 is 5.97 Å². The fourth-order valence-corrected chi connectivity index (χ4v) is 2.47. The van der Waals surface area contributed by atoms with Crippen LogP contribution in [0.1, 0.15) is 15.9 Å². The zero-order valence-corrected chi connectivity index (χ0v) is 16.3. The smallest absolute Gasteiger partial charge is 0.460 e. The Labute approximate surface area is 189 Å². The van der Waals surface area contributed by atoms with E-state index in [1.165, 1.54) is 0 Å². The van der Waals surface area contributed by atoms with Gasteiger partial charge in [-0.2, -0.15) is 83.4 Å². The number of aromatic carboxylic acids is 1. The molecular weight excluding hydrogens is 585 g/mol. The van der Waals surface area contributed by atoms with Crippen LogP contribution >= 0.6 is 0 Å². The van der Waals surface area contributed by atoms with Crippen LogP contribution < -0.4 is 0 Å². The average molecular weight is 590 g/mol. The second kappa shape index (κ2) is 8.43. The fourth-order valence-electron chi connectivity index (χ4n) is 2.47. The predicted octanol–water partition coefficient (Wildman–Crippen LogP) is 7.49. The highest BCUT2D eigenvalue weighted by atomic mass is 19.4. The SMILES string of the molecule is O=C(O)c1ccccc1C(F)(F)C(F)(F)C(F)(F)C(F)(F)C(F)(F)C(F)(F)C(F)(F)C(F)(F)C(F)(F)F. The molecule has 0 bridgehead atoms. The first-order chi connectivity index (χ1) is 15.9. The first kappa shape index (κ1) is 32.4. The second-order valence-electron chi connectivity index (χ2n) is 6.94. The third-order valence-electron chi connectivity index (χ3n) is 4.61. The molecule has 0 radical (unpaired) electrons. The van der Waals surface area contributed by atoms with Crippen molar-refractivity contribution in [1.82, 2.24) is 0 Å². The molecule has 0 fully saturated rings. The van der Waals surface area contributed by atoms with Gasteiger partial charge in [-0.25, -0.2) is 4.79 Å². The molecule has 21 heteroatoms. The highest BCUT2D eigenvalue weighted by molar-refractivity contribution is 5.89. The summed E-state index contributed by atoms with van der Waals surface area (Å²) in [5.41, 5.74) is -4.92. The first-order valence-electron chi connectivity index (χ1n) is 8.35. The number of carboxylic acid groups (broad SMARTS) is 1. The maximum Gasteiger partial charge on any atom is 0.460 e. The number of hydrogen-bond donors (Lipinski definition) is 1. The summed E-state index contributed by atoms with van der Waals surface area (Å²) in [7, 11) is 0. The number of carbonyl (C=O) groups is 1. The van der Waals surface area contributed by atoms with E-state index in [0.717, 1.165) is 0 Å². The minimum Gasteiger partial charge on any atom is -0.478 e. The van der Waals surface area contributed by atoms with Gasteiger partial charge in [0.05, 0.1) is 5.56 Å². The average Bonchev–Trinajstić information content (AvgIpc) is 2.71. The van der Waals surface area contributed by atoms with Gasteiger partial charge in [0.15, 0.2) is 0 Å². The Morgan fingerprint density at radius 3 is 1.11 bits per heavy atom. The Morgan fingerprint density at radius 1 is 0.486 bits per heavy atom. The highest BCUT2D eigenvalue weighted by Crippen LogP contribution is 2.66. The molecule has 0 spiro atoms. The number of halogens is 19. The fraction of sp³-hybridized carbons (Fsp3) is 0.562. The van der Waals surface area contributed by atoms with Crippen LogP contribution in [0.2, 0.25) is 0 Å². The second-order valence-corrected chi connectivity index (χ2v) is 6.94. The first-order valence-corrected chi connectivity index (χ1v) is 8.35. The van der Waals surface area contributed by atoms with Crippen molar-refractivity contribution in [3.63, 3.8) is 0 Å². The number of carboxylic acids is 1. The van der Waals surface area contributed by atoms with Gasteiger partial charge >= 0.3 is 59.5 Å². The third-order valence-corrected chi connectivity index (χ3v) is 4.61. The maximum atomic E-state index is 14.2. The zero-order chi connectivity index (χ0) is 30.1. The molecule has 37 heavy (non-hydrogen) atoms. The molecule has 1 N–H and O–H groups in total. The molecule has 0 aliphatic rings. The minimum absolute atomic E-state index is 0.0551. The molecular formula is C16H5F19O2. The van der Waals surface area contributed by atoms with E-state index < -0.39 is 76.7 Å². The van der Waals surface area contributed by atoms with Gasteiger partial charge in [-0.1, -0.05) is 18.2 Å². The van der Waals surface area contributed by atoms with Crippen molar-refractivity contribution in [1.29, 1.82) is 0 Å². The zero-order valence-electron chi connectivity index (χ0n) is 16.3. The van der Waals surface area contributed by atoms with Crippen molar-refractivity contribution < 1.29 is 93.3 Å². The molecule has 0 atom stereocenters. The number of hydrogen-bond acceptors (Lipinski definition) is 1. The van der Waals surface area contributed by atoms with Crippen molar-refractivity contribution in [2.45, 2.75) is 53.6 Å². The molecule has 214 valence electrons. The summed E-state index contributed by atoms with van der Waals surface area (Å²) in [6.45, 7) is 0. The van der Waals surface area contributed by atoms with Gasteiger partial charge in [0.2, 0.25) is 0 Å². The number of rotatable bonds is 9. The summed E-state index contributed by atoms with van der Waals surface area (Å²) < 4.78 is 253. The summed E-state index contributed by atoms with van der Waals surface area (Å²) in [6, 6.07) is 0.0902. The van der Waals surface area contributed by atoms with Crippen molar-refractivity contribution in [2.75, 3.05) is 0 Å². The lowest BCUT2D eigenvalue weighted by Crippen LogP contribution is -2.75. The van der Waals surface area contributed by atoms with Crippen LogP contribution in [-0.2, 0) is 5.92 Å². The van der Waals surface area contributed by atoms with E-state index >= 15 is 0 Å². The molecule has 0 amide bonds. The molecule has 0 unspecified atom stereocenters. The summed E-state index contributed by atoms with van der Waals surface area (Å²) in [6.07, 6.45) is -7.95. The van der Waals surface area contributed by atoms with E-state index in [0.29, 0.717) is 6.07 Å². The Balaban J connectivity index is 3.86. The van der Waals surface area contributed by atoms with Crippen LogP contribution in [0, 0.1) is 0 Å². The van der Waals surface area contributed by atoms with E-state index in [-0.39, 0.29) is 12.1 Å². The van der Waals surface area contributed by atoms with Crippen molar-refractivity contribution in [3.8, 4) is 0 Å². The van der Waals surface area contributed by atoms with Gasteiger partial charge in [0.1, 0.15) is 0 Å². The largest absolute Gasteiger partial charge is 0.478 e. The molecule has 0 saturated heterocycles. The summed E-state index contributed by atoms with van der Waals surface area (Å²) >= 11 is 0. The van der Waals surface area contributed by atoms with Crippen LogP contribution in [0.3, 0.4) is 0 Å². The number of alkyl halides is 19. The van der Waals surface area contributed by atoms with E-state index in [4.69, 9.17) is 5.11 Å². The Bertz CT molecular complexity index is 1020. The molecule has 1 rings (SSSR count). The molecule has 0 aliphatic carbocycles. The standard InChI is InChI=1S/C16H5F19O2/c17-8(18,6-4-2-1-3-5(6)7(36)37)9(19,20)10(21,22)11(23,24)12(25,26)13(27,28)14(29,30)15(31,32)16(33,34)35/h1-4H,(H,36,37). The van der Waals surface area contributed by atoms with Gasteiger partial charge in [-0.3, -0.25) is 0 Å². The molecule has 2 nitrogen and oxygen atoms in total. The normalized spacial score (nSPS) is 15.6.